The van der Waals surface area contributed by atoms with Crippen molar-refractivity contribution in [2.75, 3.05) is 4.43 Å². The predicted molar refractivity (Wildman–Crippen MR) is 52.3 cm³/mol. The van der Waals surface area contributed by atoms with E-state index in [9.17, 15) is 0 Å². The third-order valence-electron chi connectivity index (χ3n) is 1.39. The van der Waals surface area contributed by atoms with E-state index in [-0.39, 0.29) is 6.04 Å². The highest BCUT2D eigenvalue weighted by Gasteiger charge is 2.00. The van der Waals surface area contributed by atoms with Crippen LogP contribution in [-0.2, 0) is 0 Å². The Hall–Kier alpha value is -0.0900. The second kappa shape index (κ2) is 3.93. The standard InChI is InChI=1S/C8H10IN/c9-6-8(10)7-4-2-1-3-5-7/h1-5,8H,6,10H2. The maximum absolute atomic E-state index is 5.79. The van der Waals surface area contributed by atoms with E-state index in [1.165, 1.54) is 5.56 Å². The molecule has 0 bridgehead atoms. The third kappa shape index (κ3) is 1.95. The molecule has 0 aliphatic carbocycles. The van der Waals surface area contributed by atoms with Gasteiger partial charge in [-0.15, -0.1) is 0 Å². The summed E-state index contributed by atoms with van der Waals surface area (Å²) < 4.78 is 0.974. The molecule has 54 valence electrons. The highest BCUT2D eigenvalue weighted by Crippen LogP contribution is 2.10. The normalized spacial score (nSPS) is 13.0. The molecule has 0 spiro atoms. The summed E-state index contributed by atoms with van der Waals surface area (Å²) >= 11 is 2.29. The lowest BCUT2D eigenvalue weighted by Gasteiger charge is -2.06. The second-order valence-corrected chi connectivity index (χ2v) is 3.05. The lowest BCUT2D eigenvalue weighted by molar-refractivity contribution is 0.845. The molecule has 0 aliphatic heterocycles. The minimum Gasteiger partial charge on any atom is -0.323 e. The third-order valence-corrected chi connectivity index (χ3v) is 2.34. The van der Waals surface area contributed by atoms with Crippen molar-refractivity contribution in [3.63, 3.8) is 0 Å². The molecule has 0 saturated carbocycles. The van der Waals surface area contributed by atoms with Crippen molar-refractivity contribution in [3.05, 3.63) is 35.9 Å². The van der Waals surface area contributed by atoms with Crippen molar-refractivity contribution in [1.29, 1.82) is 0 Å². The molecule has 0 aliphatic rings. The summed E-state index contributed by atoms with van der Waals surface area (Å²) in [6, 6.07) is 10.3. The Morgan fingerprint density at radius 2 is 1.90 bits per heavy atom. The Morgan fingerprint density at radius 3 is 2.40 bits per heavy atom. The average Bonchev–Trinajstić information content (AvgIpc) is 2.05. The Balaban J connectivity index is 2.75. The van der Waals surface area contributed by atoms with Crippen molar-refractivity contribution in [3.8, 4) is 0 Å². The van der Waals surface area contributed by atoms with Crippen molar-refractivity contribution < 1.29 is 0 Å². The van der Waals surface area contributed by atoms with Crippen LogP contribution in [0.15, 0.2) is 30.3 Å². The van der Waals surface area contributed by atoms with Gasteiger partial charge >= 0.3 is 0 Å². The van der Waals surface area contributed by atoms with E-state index in [0.717, 1.165) is 4.43 Å². The molecule has 0 aromatic heterocycles. The minimum absolute atomic E-state index is 0.196. The van der Waals surface area contributed by atoms with Gasteiger partial charge in [0.2, 0.25) is 0 Å². The fraction of sp³-hybridized carbons (Fsp3) is 0.250. The van der Waals surface area contributed by atoms with Crippen LogP contribution < -0.4 is 5.73 Å². The van der Waals surface area contributed by atoms with Crippen LogP contribution in [0, 0.1) is 0 Å². The van der Waals surface area contributed by atoms with E-state index < -0.39 is 0 Å². The minimum atomic E-state index is 0.196. The zero-order valence-electron chi connectivity index (χ0n) is 5.63. The maximum Gasteiger partial charge on any atom is 0.0385 e. The van der Waals surface area contributed by atoms with Crippen LogP contribution >= 0.6 is 22.6 Å². The van der Waals surface area contributed by atoms with Crippen molar-refractivity contribution >= 4 is 22.6 Å². The van der Waals surface area contributed by atoms with E-state index in [1.807, 2.05) is 18.2 Å². The summed E-state index contributed by atoms with van der Waals surface area (Å²) in [5.74, 6) is 0. The van der Waals surface area contributed by atoms with Gasteiger partial charge in [-0.05, 0) is 5.56 Å². The maximum atomic E-state index is 5.79. The first-order valence-electron chi connectivity index (χ1n) is 3.21. The van der Waals surface area contributed by atoms with Crippen LogP contribution in [0.4, 0.5) is 0 Å². The molecule has 0 heterocycles. The highest BCUT2D eigenvalue weighted by atomic mass is 127. The molecule has 1 aromatic carbocycles. The lowest BCUT2D eigenvalue weighted by Crippen LogP contribution is -2.10. The second-order valence-electron chi connectivity index (χ2n) is 2.17. The molecule has 1 aromatic rings. The van der Waals surface area contributed by atoms with E-state index in [4.69, 9.17) is 5.73 Å². The van der Waals surface area contributed by atoms with Crippen molar-refractivity contribution in [2.24, 2.45) is 5.73 Å². The molecular formula is C8H10IN. The van der Waals surface area contributed by atoms with Crippen molar-refractivity contribution in [1.82, 2.24) is 0 Å². The smallest absolute Gasteiger partial charge is 0.0385 e. The van der Waals surface area contributed by atoms with Gasteiger partial charge in [0, 0.05) is 10.5 Å². The number of nitrogens with two attached hydrogens (primary N) is 1. The van der Waals surface area contributed by atoms with Gasteiger partial charge in [0.15, 0.2) is 0 Å². The van der Waals surface area contributed by atoms with Crippen LogP contribution in [0.2, 0.25) is 0 Å². The fourth-order valence-electron chi connectivity index (χ4n) is 0.789. The summed E-state index contributed by atoms with van der Waals surface area (Å²) in [5, 5.41) is 0. The van der Waals surface area contributed by atoms with Gasteiger partial charge < -0.3 is 5.73 Å². The van der Waals surface area contributed by atoms with Crippen LogP contribution in [0.5, 0.6) is 0 Å². The monoisotopic (exact) mass is 247 g/mol. The molecular weight excluding hydrogens is 237 g/mol. The molecule has 2 heteroatoms. The van der Waals surface area contributed by atoms with Gasteiger partial charge in [-0.3, -0.25) is 0 Å². The topological polar surface area (TPSA) is 26.0 Å². The van der Waals surface area contributed by atoms with Crippen molar-refractivity contribution in [2.45, 2.75) is 6.04 Å². The van der Waals surface area contributed by atoms with E-state index in [0.29, 0.717) is 0 Å². The van der Waals surface area contributed by atoms with Gasteiger partial charge in [-0.25, -0.2) is 0 Å². The quantitative estimate of drug-likeness (QED) is 0.628. The van der Waals surface area contributed by atoms with Gasteiger partial charge in [-0.1, -0.05) is 52.9 Å². The molecule has 1 rings (SSSR count). The number of hydrogen-bond donors (Lipinski definition) is 1. The van der Waals surface area contributed by atoms with E-state index in [2.05, 4.69) is 34.7 Å². The molecule has 0 radical (unpaired) electrons. The summed E-state index contributed by atoms with van der Waals surface area (Å²) in [5.41, 5.74) is 7.01. The molecule has 0 saturated heterocycles. The van der Waals surface area contributed by atoms with Crippen LogP contribution in [0.25, 0.3) is 0 Å². The van der Waals surface area contributed by atoms with Crippen LogP contribution in [0.1, 0.15) is 11.6 Å². The Morgan fingerprint density at radius 1 is 1.30 bits per heavy atom. The zero-order valence-corrected chi connectivity index (χ0v) is 7.78. The predicted octanol–water partition coefficient (Wildman–Crippen LogP) is 2.12. The summed E-state index contributed by atoms with van der Waals surface area (Å²) in [6.45, 7) is 0. The molecule has 0 amide bonds. The summed E-state index contributed by atoms with van der Waals surface area (Å²) in [4.78, 5) is 0. The first kappa shape index (κ1) is 8.01. The van der Waals surface area contributed by atoms with Gasteiger partial charge in [0.05, 0.1) is 0 Å². The Kier molecular flexibility index (Phi) is 3.15. The van der Waals surface area contributed by atoms with E-state index >= 15 is 0 Å². The molecule has 1 atom stereocenters. The number of benzene rings is 1. The molecule has 10 heavy (non-hydrogen) atoms. The first-order valence-corrected chi connectivity index (χ1v) is 4.73. The number of rotatable bonds is 2. The largest absolute Gasteiger partial charge is 0.323 e. The summed E-state index contributed by atoms with van der Waals surface area (Å²) in [7, 11) is 0. The summed E-state index contributed by atoms with van der Waals surface area (Å²) in [6.07, 6.45) is 0. The van der Waals surface area contributed by atoms with Gasteiger partial charge in [0.25, 0.3) is 0 Å². The number of alkyl halides is 1. The fourth-order valence-corrected chi connectivity index (χ4v) is 1.30. The van der Waals surface area contributed by atoms with Crippen LogP contribution in [-0.4, -0.2) is 4.43 Å². The van der Waals surface area contributed by atoms with Gasteiger partial charge in [-0.2, -0.15) is 0 Å². The number of halogens is 1. The van der Waals surface area contributed by atoms with E-state index in [1.54, 1.807) is 0 Å². The molecule has 2 N–H and O–H groups in total. The Labute approximate surface area is 74.8 Å². The lowest BCUT2D eigenvalue weighted by atomic mass is 10.1. The van der Waals surface area contributed by atoms with Crippen LogP contribution in [0.3, 0.4) is 0 Å². The SMILES string of the molecule is NC(CI)c1ccccc1. The molecule has 1 unspecified atom stereocenters. The number of hydrogen-bond acceptors (Lipinski definition) is 1. The zero-order chi connectivity index (χ0) is 7.40. The Bertz CT molecular complexity index is 186. The van der Waals surface area contributed by atoms with Gasteiger partial charge in [0.1, 0.15) is 0 Å². The highest BCUT2D eigenvalue weighted by molar-refractivity contribution is 14.1. The first-order chi connectivity index (χ1) is 4.84. The molecule has 1 nitrogen and oxygen atoms in total. The molecule has 0 fully saturated rings. The average molecular weight is 247 g/mol.